The van der Waals surface area contributed by atoms with Gasteiger partial charge in [-0.2, -0.15) is 0 Å². The van der Waals surface area contributed by atoms with Crippen LogP contribution in [0.2, 0.25) is 0 Å². The summed E-state index contributed by atoms with van der Waals surface area (Å²) in [5, 5.41) is -0.476. The van der Waals surface area contributed by atoms with Crippen LogP contribution in [-0.4, -0.2) is 56.5 Å². The van der Waals surface area contributed by atoms with Crippen molar-refractivity contribution < 1.29 is 17.9 Å². The van der Waals surface area contributed by atoms with Crippen LogP contribution in [0.4, 0.5) is 0 Å². The maximum atomic E-state index is 12.6. The fourth-order valence-electron chi connectivity index (χ4n) is 3.49. The first-order chi connectivity index (χ1) is 10.5. The van der Waals surface area contributed by atoms with Crippen LogP contribution in [-0.2, 0) is 21.0 Å². The van der Waals surface area contributed by atoms with E-state index in [2.05, 4.69) is 6.92 Å². The highest BCUT2D eigenvalue weighted by atomic mass is 32.2. The third-order valence-electron chi connectivity index (χ3n) is 4.84. The maximum Gasteiger partial charge on any atom is 0.253 e. The average molecular weight is 323 g/mol. The SMILES string of the molecule is CCc1ccc(C(=O)N2C[C@@H]3[C@@H](OC)CS(=O)(=O)[C@@H]3C2)cc1. The highest BCUT2D eigenvalue weighted by molar-refractivity contribution is 7.92. The van der Waals surface area contributed by atoms with Gasteiger partial charge in [-0.15, -0.1) is 0 Å². The van der Waals surface area contributed by atoms with Crippen molar-refractivity contribution in [3.05, 3.63) is 35.4 Å². The highest BCUT2D eigenvalue weighted by Crippen LogP contribution is 2.35. The number of aryl methyl sites for hydroxylation is 1. The van der Waals surface area contributed by atoms with Crippen LogP contribution in [0, 0.1) is 5.92 Å². The van der Waals surface area contributed by atoms with E-state index < -0.39 is 15.1 Å². The van der Waals surface area contributed by atoms with Crippen LogP contribution in [0.5, 0.6) is 0 Å². The molecule has 1 aromatic carbocycles. The van der Waals surface area contributed by atoms with Crippen LogP contribution in [0.3, 0.4) is 0 Å². The largest absolute Gasteiger partial charge is 0.380 e. The standard InChI is InChI=1S/C16H21NO4S/c1-3-11-4-6-12(7-5-11)16(18)17-8-13-14(21-2)10-22(19,20)15(13)9-17/h4-7,13-15H,3,8-10H2,1-2H3/t13-,14+,15-/m1/s1. The second kappa shape index (κ2) is 5.66. The minimum atomic E-state index is -3.16. The zero-order chi connectivity index (χ0) is 15.9. The second-order valence-electron chi connectivity index (χ2n) is 6.07. The number of hydrogen-bond acceptors (Lipinski definition) is 4. The molecule has 0 unspecified atom stereocenters. The predicted octanol–water partition coefficient (Wildman–Crippen LogP) is 1.13. The first kappa shape index (κ1) is 15.5. The number of rotatable bonds is 3. The molecule has 0 bridgehead atoms. The van der Waals surface area contributed by atoms with Crippen LogP contribution >= 0.6 is 0 Å². The number of sulfone groups is 1. The molecule has 120 valence electrons. The number of carbonyl (C=O) groups excluding carboxylic acids is 1. The quantitative estimate of drug-likeness (QED) is 0.836. The lowest BCUT2D eigenvalue weighted by molar-refractivity contribution is 0.0687. The number of likely N-dealkylation sites (tertiary alicyclic amines) is 1. The van der Waals surface area contributed by atoms with Crippen molar-refractivity contribution in [1.29, 1.82) is 0 Å². The first-order valence-corrected chi connectivity index (χ1v) is 9.30. The number of nitrogens with zero attached hydrogens (tertiary/aromatic N) is 1. The second-order valence-corrected chi connectivity index (χ2v) is 8.33. The summed E-state index contributed by atoms with van der Waals surface area (Å²) in [5.74, 6) is -0.123. The summed E-state index contributed by atoms with van der Waals surface area (Å²) in [4.78, 5) is 14.2. The number of carbonyl (C=O) groups is 1. The van der Waals surface area contributed by atoms with Gasteiger partial charge in [0.2, 0.25) is 0 Å². The van der Waals surface area contributed by atoms with E-state index in [9.17, 15) is 13.2 Å². The fraction of sp³-hybridized carbons (Fsp3) is 0.562. The van der Waals surface area contributed by atoms with Gasteiger partial charge in [-0.25, -0.2) is 8.42 Å². The van der Waals surface area contributed by atoms with Gasteiger partial charge in [-0.1, -0.05) is 19.1 Å². The van der Waals surface area contributed by atoms with Crippen LogP contribution in [0.15, 0.2) is 24.3 Å². The Kier molecular flexibility index (Phi) is 3.99. The summed E-state index contributed by atoms with van der Waals surface area (Å²) < 4.78 is 29.7. The van der Waals surface area contributed by atoms with Gasteiger partial charge in [0.15, 0.2) is 9.84 Å². The maximum absolute atomic E-state index is 12.6. The summed E-state index contributed by atoms with van der Waals surface area (Å²) in [5.41, 5.74) is 1.79. The Morgan fingerprint density at radius 3 is 2.55 bits per heavy atom. The van der Waals surface area contributed by atoms with E-state index in [0.29, 0.717) is 12.1 Å². The number of hydrogen-bond donors (Lipinski definition) is 0. The van der Waals surface area contributed by atoms with E-state index >= 15 is 0 Å². The van der Waals surface area contributed by atoms with Gasteiger partial charge in [-0.3, -0.25) is 4.79 Å². The minimum absolute atomic E-state index is 0.0755. The van der Waals surface area contributed by atoms with Crippen molar-refractivity contribution in [2.75, 3.05) is 26.0 Å². The Bertz CT molecular complexity index is 668. The lowest BCUT2D eigenvalue weighted by Crippen LogP contribution is -2.33. The van der Waals surface area contributed by atoms with E-state index in [1.807, 2.05) is 24.3 Å². The zero-order valence-corrected chi connectivity index (χ0v) is 13.7. The molecule has 0 saturated carbocycles. The van der Waals surface area contributed by atoms with Gasteiger partial charge >= 0.3 is 0 Å². The molecule has 2 aliphatic heterocycles. The molecule has 2 fully saturated rings. The van der Waals surface area contributed by atoms with Gasteiger partial charge in [0.1, 0.15) is 0 Å². The van der Waals surface area contributed by atoms with Crippen molar-refractivity contribution in [2.45, 2.75) is 24.7 Å². The molecule has 0 N–H and O–H groups in total. The van der Waals surface area contributed by atoms with Crippen LogP contribution in [0.25, 0.3) is 0 Å². The van der Waals surface area contributed by atoms with Crippen LogP contribution < -0.4 is 0 Å². The van der Waals surface area contributed by atoms with E-state index in [0.717, 1.165) is 6.42 Å². The molecule has 1 aromatic rings. The summed E-state index contributed by atoms with van der Waals surface area (Å²) in [7, 11) is -1.63. The molecular weight excluding hydrogens is 302 g/mol. The van der Waals surface area contributed by atoms with Gasteiger partial charge < -0.3 is 9.64 Å². The fourth-order valence-corrected chi connectivity index (χ4v) is 5.78. The average Bonchev–Trinajstić information content (AvgIpc) is 3.06. The zero-order valence-electron chi connectivity index (χ0n) is 12.9. The molecule has 3 atom stereocenters. The van der Waals surface area contributed by atoms with E-state index in [4.69, 9.17) is 4.74 Å². The Balaban J connectivity index is 1.78. The van der Waals surface area contributed by atoms with Crippen molar-refractivity contribution in [2.24, 2.45) is 5.92 Å². The summed E-state index contributed by atoms with van der Waals surface area (Å²) in [6.07, 6.45) is 0.631. The molecule has 2 saturated heterocycles. The molecule has 22 heavy (non-hydrogen) atoms. The molecule has 0 spiro atoms. The van der Waals surface area contributed by atoms with Crippen molar-refractivity contribution in [3.8, 4) is 0 Å². The molecule has 0 aliphatic carbocycles. The normalized spacial score (nSPS) is 29.5. The smallest absolute Gasteiger partial charge is 0.253 e. The van der Waals surface area contributed by atoms with Gasteiger partial charge in [0, 0.05) is 31.7 Å². The molecule has 5 nitrogen and oxygen atoms in total. The highest BCUT2D eigenvalue weighted by Gasteiger charge is 2.53. The topological polar surface area (TPSA) is 63.7 Å². The number of fused-ring (bicyclic) bond motifs is 1. The van der Waals surface area contributed by atoms with Crippen molar-refractivity contribution in [1.82, 2.24) is 4.90 Å². The number of amides is 1. The molecular formula is C16H21NO4S. The first-order valence-electron chi connectivity index (χ1n) is 7.59. The van der Waals surface area contributed by atoms with E-state index in [1.54, 1.807) is 4.90 Å². The Hall–Kier alpha value is -1.40. The van der Waals surface area contributed by atoms with Gasteiger partial charge in [0.05, 0.1) is 17.1 Å². The molecule has 1 amide bonds. The molecule has 2 heterocycles. The molecule has 6 heteroatoms. The summed E-state index contributed by atoms with van der Waals surface area (Å²) in [6, 6.07) is 7.52. The summed E-state index contributed by atoms with van der Waals surface area (Å²) >= 11 is 0. The minimum Gasteiger partial charge on any atom is -0.380 e. The van der Waals surface area contributed by atoms with Crippen molar-refractivity contribution in [3.63, 3.8) is 0 Å². The van der Waals surface area contributed by atoms with E-state index in [-0.39, 0.29) is 30.2 Å². The number of benzene rings is 1. The third-order valence-corrected chi connectivity index (χ3v) is 7.06. The van der Waals surface area contributed by atoms with Gasteiger partial charge in [-0.05, 0) is 24.1 Å². The lowest BCUT2D eigenvalue weighted by atomic mass is 10.0. The Labute approximate surface area is 131 Å². The lowest BCUT2D eigenvalue weighted by Gasteiger charge is -2.19. The van der Waals surface area contributed by atoms with Gasteiger partial charge in [0.25, 0.3) is 5.91 Å². The number of ether oxygens (including phenoxy) is 1. The predicted molar refractivity (Wildman–Crippen MR) is 83.6 cm³/mol. The molecule has 2 aliphatic rings. The molecule has 3 rings (SSSR count). The van der Waals surface area contributed by atoms with Crippen molar-refractivity contribution >= 4 is 15.7 Å². The Morgan fingerprint density at radius 2 is 1.95 bits per heavy atom. The van der Waals surface area contributed by atoms with Crippen LogP contribution in [0.1, 0.15) is 22.8 Å². The molecule has 0 radical (unpaired) electrons. The number of methoxy groups -OCH3 is 1. The monoisotopic (exact) mass is 323 g/mol. The molecule has 0 aromatic heterocycles. The van der Waals surface area contributed by atoms with E-state index in [1.165, 1.54) is 12.7 Å². The third kappa shape index (κ3) is 2.54. The summed E-state index contributed by atoms with van der Waals surface area (Å²) in [6.45, 7) is 2.80. The Morgan fingerprint density at radius 1 is 1.27 bits per heavy atom.